The van der Waals surface area contributed by atoms with Gasteiger partial charge in [-0.25, -0.2) is 9.78 Å². The van der Waals surface area contributed by atoms with Crippen LogP contribution in [0.25, 0.3) is 11.2 Å². The van der Waals surface area contributed by atoms with Crippen LogP contribution in [-0.4, -0.2) is 128 Å². The molecule has 0 bridgehead atoms. The number of methoxy groups -OCH3 is 4. The molecule has 5 aromatic carbocycles. The van der Waals surface area contributed by atoms with E-state index in [9.17, 15) is 14.4 Å². The molecule has 8 aromatic rings. The van der Waals surface area contributed by atoms with Crippen molar-refractivity contribution in [2.75, 3.05) is 61.0 Å². The molecule has 0 spiro atoms. The van der Waals surface area contributed by atoms with Crippen LogP contribution in [0.3, 0.4) is 0 Å². The van der Waals surface area contributed by atoms with Crippen LogP contribution in [0.15, 0.2) is 166 Å². The van der Waals surface area contributed by atoms with Crippen molar-refractivity contribution in [3.63, 3.8) is 0 Å². The van der Waals surface area contributed by atoms with Crippen LogP contribution in [0.5, 0.6) is 11.5 Å². The number of benzene rings is 5. The number of anilines is 1. The zero-order valence-corrected chi connectivity index (χ0v) is 48.4. The SMILES string of the molecule is COc1ccc(C(OC[C@H]2O[C@@H](n3cnc4c(=O)[nH]c(N)nc43)[C@H](OC)[C@@H]2CN(C)OC[C@H]2O[C@@H](n3cc(C)c(=O)[nH]c3=O)[C@H](OC)[C@@H]2O[Si](c2ccccc2)(c2ccccc2)C(C)(C)C)(c2ccccc2)c2ccc(OC)cc2)cc1. The minimum atomic E-state index is -3.33. The molecule has 430 valence electrons. The van der Waals surface area contributed by atoms with Crippen molar-refractivity contribution in [2.45, 2.75) is 81.3 Å². The summed E-state index contributed by atoms with van der Waals surface area (Å²) in [6, 6.07) is 45.9. The maximum Gasteiger partial charge on any atom is 0.330 e. The van der Waals surface area contributed by atoms with Gasteiger partial charge in [-0.15, -0.1) is 0 Å². The molecule has 0 radical (unpaired) electrons. The molecule has 2 aliphatic heterocycles. The molecule has 5 heterocycles. The van der Waals surface area contributed by atoms with E-state index in [2.05, 4.69) is 65.0 Å². The summed E-state index contributed by atoms with van der Waals surface area (Å²) in [5.41, 5.74) is 6.31. The maximum absolute atomic E-state index is 13.7. The van der Waals surface area contributed by atoms with Crippen molar-refractivity contribution in [1.82, 2.24) is 34.1 Å². The van der Waals surface area contributed by atoms with Gasteiger partial charge in [-0.1, -0.05) is 136 Å². The second-order valence-electron chi connectivity index (χ2n) is 21.6. The highest BCUT2D eigenvalue weighted by Crippen LogP contribution is 2.46. The fourth-order valence-electron chi connectivity index (χ4n) is 11.8. The number of aryl methyl sites for hydroxylation is 1. The van der Waals surface area contributed by atoms with E-state index in [-0.39, 0.29) is 36.9 Å². The Morgan fingerprint density at radius 3 is 1.74 bits per heavy atom. The molecule has 20 nitrogen and oxygen atoms in total. The summed E-state index contributed by atoms with van der Waals surface area (Å²) in [7, 11) is 4.88. The Kier molecular flexibility index (Phi) is 16.9. The first kappa shape index (κ1) is 57.7. The lowest BCUT2D eigenvalue weighted by Crippen LogP contribution is -2.69. The highest BCUT2D eigenvalue weighted by atomic mass is 28.4. The van der Waals surface area contributed by atoms with Gasteiger partial charge < -0.3 is 43.3 Å². The fraction of sp³-hybridized carbons (Fsp3) is 0.361. The molecule has 10 rings (SSSR count). The molecule has 0 unspecified atom stereocenters. The van der Waals surface area contributed by atoms with Gasteiger partial charge in [0.05, 0.1) is 39.9 Å². The van der Waals surface area contributed by atoms with E-state index in [1.807, 2.05) is 122 Å². The van der Waals surface area contributed by atoms with Crippen molar-refractivity contribution >= 4 is 35.8 Å². The number of hydrogen-bond acceptors (Lipinski definition) is 16. The Balaban J connectivity index is 1.03. The first-order chi connectivity index (χ1) is 39.5. The van der Waals surface area contributed by atoms with E-state index in [1.54, 1.807) is 45.0 Å². The molecule has 3 aromatic heterocycles. The molecule has 2 aliphatic rings. The van der Waals surface area contributed by atoms with Gasteiger partial charge in [0.25, 0.3) is 19.4 Å². The minimum absolute atomic E-state index is 0.00469. The van der Waals surface area contributed by atoms with E-state index in [0.29, 0.717) is 17.1 Å². The van der Waals surface area contributed by atoms with Crippen molar-refractivity contribution in [2.24, 2.45) is 5.92 Å². The Bertz CT molecular complexity index is 3530. The van der Waals surface area contributed by atoms with Crippen molar-refractivity contribution in [3.05, 3.63) is 205 Å². The number of rotatable bonds is 21. The smallest absolute Gasteiger partial charge is 0.330 e. The number of imidazole rings is 1. The summed E-state index contributed by atoms with van der Waals surface area (Å²) < 4.78 is 56.4. The molecule has 0 amide bonds. The van der Waals surface area contributed by atoms with E-state index < -0.39 is 84.7 Å². The van der Waals surface area contributed by atoms with E-state index in [0.717, 1.165) is 27.1 Å². The number of nitrogens with two attached hydrogens (primary N) is 1. The minimum Gasteiger partial charge on any atom is -0.497 e. The number of nitrogens with one attached hydrogen (secondary N) is 2. The van der Waals surface area contributed by atoms with Crippen molar-refractivity contribution in [3.8, 4) is 11.5 Å². The van der Waals surface area contributed by atoms with Gasteiger partial charge in [0.1, 0.15) is 41.5 Å². The third-order valence-electron chi connectivity index (χ3n) is 15.8. The van der Waals surface area contributed by atoms with Gasteiger partial charge in [0, 0.05) is 45.5 Å². The fourth-order valence-corrected chi connectivity index (χ4v) is 16.5. The number of ether oxygens (including phenoxy) is 7. The molecule has 2 saturated heterocycles. The molecule has 0 saturated carbocycles. The Morgan fingerprint density at radius 1 is 0.659 bits per heavy atom. The molecular weight excluding hydrogens is 1060 g/mol. The van der Waals surface area contributed by atoms with Gasteiger partial charge in [-0.3, -0.25) is 33.5 Å². The predicted molar refractivity (Wildman–Crippen MR) is 311 cm³/mol. The average Bonchev–Trinajstić information content (AvgIpc) is 2.95. The summed E-state index contributed by atoms with van der Waals surface area (Å²) in [5.74, 6) is 0.735. The average molecular weight is 1140 g/mol. The lowest BCUT2D eigenvalue weighted by molar-refractivity contribution is -0.190. The van der Waals surface area contributed by atoms with Crippen LogP contribution in [0, 0.1) is 12.8 Å². The third kappa shape index (κ3) is 10.9. The first-order valence-electron chi connectivity index (χ1n) is 27.1. The number of nitrogens with zero attached hydrogens (tertiary/aromatic N) is 5. The summed E-state index contributed by atoms with van der Waals surface area (Å²) in [6.45, 7) is 8.28. The van der Waals surface area contributed by atoms with Gasteiger partial charge in [0.15, 0.2) is 23.6 Å². The topological polar surface area (TPSA) is 231 Å². The monoisotopic (exact) mass is 1130 g/mol. The Hall–Kier alpha value is -7.57. The summed E-state index contributed by atoms with van der Waals surface area (Å²) in [6.07, 6.45) is -2.97. The summed E-state index contributed by atoms with van der Waals surface area (Å²) in [5, 5.41) is 3.30. The lowest BCUT2D eigenvalue weighted by atomic mass is 9.80. The third-order valence-corrected chi connectivity index (χ3v) is 20.8. The van der Waals surface area contributed by atoms with Gasteiger partial charge in [-0.05, 0) is 63.3 Å². The van der Waals surface area contributed by atoms with Gasteiger partial charge in [0.2, 0.25) is 5.95 Å². The highest BCUT2D eigenvalue weighted by Gasteiger charge is 2.57. The second kappa shape index (κ2) is 24.1. The van der Waals surface area contributed by atoms with Crippen LogP contribution < -0.4 is 42.4 Å². The zero-order valence-electron chi connectivity index (χ0n) is 47.4. The molecular formula is C61H70N8O12Si. The van der Waals surface area contributed by atoms with Crippen molar-refractivity contribution in [1.29, 1.82) is 0 Å². The summed E-state index contributed by atoms with van der Waals surface area (Å²) >= 11 is 0. The number of H-pyrrole nitrogens is 2. The number of hydrogen-bond donors (Lipinski definition) is 3. The van der Waals surface area contributed by atoms with Crippen molar-refractivity contribution < 1.29 is 42.4 Å². The standard InChI is InChI=1S/C61H70N8O12Si/c1-38-33-68(59(72)66-54(38)70)57-52(76-9)51(81-82(60(2,3)4,44-21-15-11-16-22-44)45-23-17-12-18-24-45)48(80-57)36-78-67(5)34-46-47(79-56(50(46)75-8)69-37-63-49-53(69)64-58(62)65-55(49)71)35-77-61(39-19-13-10-14-20-39,40-25-29-42(73-6)30-26-40)41-27-31-43(74-7)32-28-41/h10-33,37,46-48,50-52,56-57H,34-36H2,1-9H3,(H,66,70,72)(H3,62,64,65,71)/t46-,47-,48-,50-,51-,52-,56-,57-/m1/s1. The number of hydroxylamine groups is 2. The van der Waals surface area contributed by atoms with Crippen LogP contribution in [-0.2, 0) is 38.5 Å². The molecule has 4 N–H and O–H groups in total. The second-order valence-corrected chi connectivity index (χ2v) is 25.9. The quantitative estimate of drug-likeness (QED) is 0.0436. The highest BCUT2D eigenvalue weighted by molar-refractivity contribution is 6.99. The maximum atomic E-state index is 13.7. The Labute approximate surface area is 475 Å². The van der Waals surface area contributed by atoms with Crippen LogP contribution in [0.1, 0.15) is 55.5 Å². The van der Waals surface area contributed by atoms with E-state index >= 15 is 0 Å². The lowest BCUT2D eigenvalue weighted by Gasteiger charge is -2.46. The normalized spacial score (nSPS) is 21.3. The number of nitrogen functional groups attached to an aromatic ring is 1. The van der Waals surface area contributed by atoms with Crippen LogP contribution in [0.2, 0.25) is 5.04 Å². The van der Waals surface area contributed by atoms with E-state index in [1.165, 1.54) is 17.1 Å². The van der Waals surface area contributed by atoms with E-state index in [4.69, 9.17) is 48.2 Å². The molecule has 0 aliphatic carbocycles. The molecule has 21 heteroatoms. The Morgan fingerprint density at radius 2 is 1.20 bits per heavy atom. The van der Waals surface area contributed by atoms with Crippen LogP contribution in [0.4, 0.5) is 5.95 Å². The number of fused-ring (bicyclic) bond motifs is 1. The largest absolute Gasteiger partial charge is 0.497 e. The molecule has 8 atom stereocenters. The van der Waals surface area contributed by atoms with Gasteiger partial charge >= 0.3 is 5.69 Å². The first-order valence-corrected chi connectivity index (χ1v) is 29.0. The van der Waals surface area contributed by atoms with Crippen LogP contribution >= 0.6 is 0 Å². The predicted octanol–water partition coefficient (Wildman–Crippen LogP) is 5.84. The zero-order chi connectivity index (χ0) is 57.9. The molecule has 82 heavy (non-hydrogen) atoms. The number of aromatic amines is 2. The van der Waals surface area contributed by atoms with Gasteiger partial charge in [-0.2, -0.15) is 10.0 Å². The summed E-state index contributed by atoms with van der Waals surface area (Å²) in [4.78, 5) is 60.4. The number of aromatic nitrogens is 6. The molecule has 2 fully saturated rings.